The Bertz CT molecular complexity index is 1230. The number of phenolic OH excluding ortho intramolecular Hbond substituents is 1. The molecule has 0 aliphatic carbocycles. The van der Waals surface area contributed by atoms with Gasteiger partial charge in [-0.05, 0) is 64.7 Å². The molecule has 2 aromatic heterocycles. The lowest BCUT2D eigenvalue weighted by atomic mass is 9.99. The van der Waals surface area contributed by atoms with Crippen molar-refractivity contribution in [2.45, 2.75) is 0 Å². The SMILES string of the molecule is Oc1cc(-c2cc(-c3ccccc3)ccn2)cc(-c2cc(-c3ccccc3)ccn2)c1. The van der Waals surface area contributed by atoms with Crippen LogP contribution in [0.3, 0.4) is 0 Å². The molecule has 0 saturated heterocycles. The number of hydrogen-bond donors (Lipinski definition) is 1. The standard InChI is InChI=1S/C28H20N2O/c31-26-16-24(27-18-22(11-13-29-27)20-7-3-1-4-8-20)15-25(17-26)28-19-23(12-14-30-28)21-9-5-2-6-10-21/h1-19,31H. The summed E-state index contributed by atoms with van der Waals surface area (Å²) >= 11 is 0. The number of pyridine rings is 2. The van der Waals surface area contributed by atoms with Crippen molar-refractivity contribution in [2.75, 3.05) is 0 Å². The number of phenols is 1. The molecule has 0 spiro atoms. The van der Waals surface area contributed by atoms with Crippen LogP contribution in [0, 0.1) is 0 Å². The van der Waals surface area contributed by atoms with Crippen molar-refractivity contribution in [3.8, 4) is 50.5 Å². The van der Waals surface area contributed by atoms with Gasteiger partial charge in [0.15, 0.2) is 0 Å². The van der Waals surface area contributed by atoms with E-state index in [4.69, 9.17) is 0 Å². The quantitative estimate of drug-likeness (QED) is 0.359. The minimum atomic E-state index is 0.186. The summed E-state index contributed by atoms with van der Waals surface area (Å²) in [6.45, 7) is 0. The maximum Gasteiger partial charge on any atom is 0.116 e. The van der Waals surface area contributed by atoms with Crippen LogP contribution in [0.5, 0.6) is 5.75 Å². The molecule has 0 fully saturated rings. The van der Waals surface area contributed by atoms with E-state index in [9.17, 15) is 5.11 Å². The minimum Gasteiger partial charge on any atom is -0.508 e. The van der Waals surface area contributed by atoms with Crippen LogP contribution in [0.1, 0.15) is 0 Å². The summed E-state index contributed by atoms with van der Waals surface area (Å²) in [5.74, 6) is 0.186. The van der Waals surface area contributed by atoms with E-state index in [1.807, 2.05) is 66.7 Å². The van der Waals surface area contributed by atoms with E-state index in [0.717, 1.165) is 44.8 Å². The highest BCUT2D eigenvalue weighted by Gasteiger charge is 2.09. The van der Waals surface area contributed by atoms with Crippen molar-refractivity contribution in [1.82, 2.24) is 9.97 Å². The van der Waals surface area contributed by atoms with E-state index in [1.54, 1.807) is 24.5 Å². The van der Waals surface area contributed by atoms with E-state index in [1.165, 1.54) is 0 Å². The Balaban J connectivity index is 1.56. The Hall–Kier alpha value is -4.24. The normalized spacial score (nSPS) is 10.7. The van der Waals surface area contributed by atoms with Crippen LogP contribution in [0.2, 0.25) is 0 Å². The third kappa shape index (κ3) is 4.07. The van der Waals surface area contributed by atoms with Crippen molar-refractivity contribution >= 4 is 0 Å². The summed E-state index contributed by atoms with van der Waals surface area (Å²) < 4.78 is 0. The van der Waals surface area contributed by atoms with Gasteiger partial charge in [-0.3, -0.25) is 9.97 Å². The Morgan fingerprint density at radius 1 is 0.419 bits per heavy atom. The van der Waals surface area contributed by atoms with Gasteiger partial charge in [-0.1, -0.05) is 60.7 Å². The van der Waals surface area contributed by atoms with E-state index in [2.05, 4.69) is 34.2 Å². The molecule has 5 aromatic rings. The first-order valence-electron chi connectivity index (χ1n) is 10.1. The van der Waals surface area contributed by atoms with Gasteiger partial charge in [0.1, 0.15) is 5.75 Å². The highest BCUT2D eigenvalue weighted by atomic mass is 16.3. The number of hydrogen-bond acceptors (Lipinski definition) is 3. The summed E-state index contributed by atoms with van der Waals surface area (Å²) in [6.07, 6.45) is 3.60. The van der Waals surface area contributed by atoms with E-state index in [-0.39, 0.29) is 5.75 Å². The summed E-state index contributed by atoms with van der Waals surface area (Å²) in [7, 11) is 0. The van der Waals surface area contributed by atoms with Gasteiger partial charge in [0.05, 0.1) is 11.4 Å². The number of benzene rings is 3. The molecular formula is C28H20N2O. The van der Waals surface area contributed by atoms with Crippen molar-refractivity contribution in [1.29, 1.82) is 0 Å². The van der Waals surface area contributed by atoms with Crippen LogP contribution in [-0.2, 0) is 0 Å². The lowest BCUT2D eigenvalue weighted by Crippen LogP contribution is -1.89. The highest BCUT2D eigenvalue weighted by molar-refractivity contribution is 5.77. The predicted octanol–water partition coefficient (Wildman–Crippen LogP) is 6.85. The average Bonchev–Trinajstić information content (AvgIpc) is 2.85. The smallest absolute Gasteiger partial charge is 0.116 e. The molecule has 3 aromatic carbocycles. The Kier molecular flexibility index (Phi) is 4.99. The zero-order valence-corrected chi connectivity index (χ0v) is 16.8. The Morgan fingerprint density at radius 2 is 0.871 bits per heavy atom. The molecule has 3 nitrogen and oxygen atoms in total. The first kappa shape index (κ1) is 18.8. The molecule has 0 radical (unpaired) electrons. The monoisotopic (exact) mass is 400 g/mol. The van der Waals surface area contributed by atoms with Crippen molar-refractivity contribution in [2.24, 2.45) is 0 Å². The zero-order valence-electron chi connectivity index (χ0n) is 16.8. The number of aromatic nitrogens is 2. The maximum atomic E-state index is 10.4. The van der Waals surface area contributed by atoms with Crippen LogP contribution in [0.25, 0.3) is 44.8 Å². The molecule has 3 heteroatoms. The third-order valence-electron chi connectivity index (χ3n) is 5.24. The molecule has 1 N–H and O–H groups in total. The first-order valence-corrected chi connectivity index (χ1v) is 10.1. The summed E-state index contributed by atoms with van der Waals surface area (Å²) in [4.78, 5) is 9.09. The van der Waals surface area contributed by atoms with E-state index in [0.29, 0.717) is 0 Å². The number of nitrogens with zero attached hydrogens (tertiary/aromatic N) is 2. The molecule has 0 aliphatic heterocycles. The fourth-order valence-electron chi connectivity index (χ4n) is 3.70. The molecular weight excluding hydrogens is 380 g/mol. The molecule has 0 aliphatic rings. The predicted molar refractivity (Wildman–Crippen MR) is 125 cm³/mol. The Labute approximate surface area is 181 Å². The summed E-state index contributed by atoms with van der Waals surface area (Å²) in [6, 6.07) is 34.0. The number of rotatable bonds is 4. The Morgan fingerprint density at radius 3 is 1.32 bits per heavy atom. The van der Waals surface area contributed by atoms with Gasteiger partial charge in [-0.15, -0.1) is 0 Å². The molecule has 0 amide bonds. The summed E-state index contributed by atoms with van der Waals surface area (Å²) in [5.41, 5.74) is 7.72. The fourth-order valence-corrected chi connectivity index (χ4v) is 3.70. The fraction of sp³-hybridized carbons (Fsp3) is 0. The van der Waals surface area contributed by atoms with Crippen LogP contribution in [0.4, 0.5) is 0 Å². The summed E-state index contributed by atoms with van der Waals surface area (Å²) in [5, 5.41) is 10.4. The third-order valence-corrected chi connectivity index (χ3v) is 5.24. The molecule has 0 bridgehead atoms. The van der Waals surface area contributed by atoms with Gasteiger partial charge in [0.2, 0.25) is 0 Å². The van der Waals surface area contributed by atoms with Crippen LogP contribution >= 0.6 is 0 Å². The van der Waals surface area contributed by atoms with Gasteiger partial charge in [0, 0.05) is 23.5 Å². The van der Waals surface area contributed by atoms with Crippen molar-refractivity contribution in [3.05, 3.63) is 116 Å². The second-order valence-corrected chi connectivity index (χ2v) is 7.36. The maximum absolute atomic E-state index is 10.4. The van der Waals surface area contributed by atoms with E-state index < -0.39 is 0 Å². The lowest BCUT2D eigenvalue weighted by molar-refractivity contribution is 0.476. The van der Waals surface area contributed by atoms with Gasteiger partial charge >= 0.3 is 0 Å². The van der Waals surface area contributed by atoms with Crippen LogP contribution in [0.15, 0.2) is 116 Å². The highest BCUT2D eigenvalue weighted by Crippen LogP contribution is 2.32. The molecule has 5 rings (SSSR count). The molecule has 0 unspecified atom stereocenters. The van der Waals surface area contributed by atoms with Crippen LogP contribution in [-0.4, -0.2) is 15.1 Å². The van der Waals surface area contributed by atoms with E-state index >= 15 is 0 Å². The average molecular weight is 400 g/mol. The first-order chi connectivity index (χ1) is 15.3. The minimum absolute atomic E-state index is 0.186. The molecule has 148 valence electrons. The number of aromatic hydroxyl groups is 1. The van der Waals surface area contributed by atoms with Gasteiger partial charge in [0.25, 0.3) is 0 Å². The van der Waals surface area contributed by atoms with Crippen molar-refractivity contribution < 1.29 is 5.11 Å². The lowest BCUT2D eigenvalue weighted by Gasteiger charge is -2.09. The van der Waals surface area contributed by atoms with Gasteiger partial charge in [-0.2, -0.15) is 0 Å². The molecule has 0 saturated carbocycles. The van der Waals surface area contributed by atoms with Gasteiger partial charge < -0.3 is 5.11 Å². The second kappa shape index (κ2) is 8.25. The second-order valence-electron chi connectivity index (χ2n) is 7.36. The van der Waals surface area contributed by atoms with Gasteiger partial charge in [-0.25, -0.2) is 0 Å². The molecule has 2 heterocycles. The topological polar surface area (TPSA) is 46.0 Å². The van der Waals surface area contributed by atoms with Crippen molar-refractivity contribution in [3.63, 3.8) is 0 Å². The largest absolute Gasteiger partial charge is 0.508 e. The molecule has 0 atom stereocenters. The van der Waals surface area contributed by atoms with Crippen LogP contribution < -0.4 is 0 Å². The molecule has 31 heavy (non-hydrogen) atoms. The zero-order chi connectivity index (χ0) is 21.0.